The van der Waals surface area contributed by atoms with Crippen LogP contribution in [0, 0.1) is 5.41 Å². The van der Waals surface area contributed by atoms with Crippen LogP contribution in [0.2, 0.25) is 0 Å². The van der Waals surface area contributed by atoms with Crippen molar-refractivity contribution in [3.05, 3.63) is 0 Å². The predicted octanol–water partition coefficient (Wildman–Crippen LogP) is 0.970. The van der Waals surface area contributed by atoms with E-state index >= 15 is 0 Å². The molecular formula is C10H15F3N2O2. The van der Waals surface area contributed by atoms with Crippen LogP contribution in [0.5, 0.6) is 0 Å². The number of amides is 2. The van der Waals surface area contributed by atoms with E-state index in [1.165, 1.54) is 0 Å². The second-order valence-corrected chi connectivity index (χ2v) is 4.83. The molecular weight excluding hydrogens is 237 g/mol. The number of carbonyl (C=O) groups is 2. The van der Waals surface area contributed by atoms with E-state index in [0.717, 1.165) is 13.8 Å². The van der Waals surface area contributed by atoms with E-state index in [1.54, 1.807) is 0 Å². The van der Waals surface area contributed by atoms with E-state index in [9.17, 15) is 22.8 Å². The maximum Gasteiger partial charge on any atom is 0.394 e. The average molecular weight is 252 g/mol. The van der Waals surface area contributed by atoms with Crippen LogP contribution in [0.25, 0.3) is 0 Å². The van der Waals surface area contributed by atoms with Crippen LogP contribution in [-0.2, 0) is 9.59 Å². The van der Waals surface area contributed by atoms with Gasteiger partial charge in [0.1, 0.15) is 0 Å². The lowest BCUT2D eigenvalue weighted by Crippen LogP contribution is -2.42. The van der Waals surface area contributed by atoms with Crippen molar-refractivity contribution >= 4 is 11.8 Å². The largest absolute Gasteiger partial charge is 0.394 e. The van der Waals surface area contributed by atoms with Crippen molar-refractivity contribution in [1.82, 2.24) is 10.6 Å². The standard InChI is InChI=1S/C10H15F3N2O2/c1-9(2,10(11,12)13)4-8(17)15-6-3-7(16)14-5-6/h6H,3-5H2,1-2H3,(H,14,16)(H,15,17). The monoisotopic (exact) mass is 252 g/mol. The van der Waals surface area contributed by atoms with Crippen LogP contribution in [-0.4, -0.2) is 30.6 Å². The number of hydrogen-bond donors (Lipinski definition) is 2. The first-order chi connectivity index (χ1) is 7.62. The highest BCUT2D eigenvalue weighted by molar-refractivity contribution is 5.82. The quantitative estimate of drug-likeness (QED) is 0.786. The second-order valence-electron chi connectivity index (χ2n) is 4.83. The number of nitrogens with one attached hydrogen (secondary N) is 2. The maximum absolute atomic E-state index is 12.5. The summed E-state index contributed by atoms with van der Waals surface area (Å²) in [4.78, 5) is 22.3. The zero-order chi connectivity index (χ0) is 13.3. The van der Waals surface area contributed by atoms with Crippen LogP contribution in [0.1, 0.15) is 26.7 Å². The van der Waals surface area contributed by atoms with Gasteiger partial charge in [-0.25, -0.2) is 0 Å². The summed E-state index contributed by atoms with van der Waals surface area (Å²) in [6, 6.07) is -0.404. The summed E-state index contributed by atoms with van der Waals surface area (Å²) in [5.74, 6) is -0.890. The first-order valence-electron chi connectivity index (χ1n) is 5.24. The molecule has 0 aromatic carbocycles. The molecule has 2 amide bonds. The Morgan fingerprint density at radius 3 is 2.47 bits per heavy atom. The molecule has 4 nitrogen and oxygen atoms in total. The molecule has 0 aromatic rings. The molecule has 0 saturated carbocycles. The van der Waals surface area contributed by atoms with Gasteiger partial charge in [-0.3, -0.25) is 9.59 Å². The molecule has 2 N–H and O–H groups in total. The highest BCUT2D eigenvalue weighted by atomic mass is 19.4. The molecule has 1 heterocycles. The molecule has 0 aliphatic carbocycles. The number of carbonyl (C=O) groups excluding carboxylic acids is 2. The third kappa shape index (κ3) is 3.61. The summed E-state index contributed by atoms with van der Waals surface area (Å²) < 4.78 is 37.6. The van der Waals surface area contributed by atoms with Gasteiger partial charge in [-0.05, 0) is 0 Å². The molecule has 0 radical (unpaired) electrons. The molecule has 1 saturated heterocycles. The van der Waals surface area contributed by atoms with Crippen molar-refractivity contribution in [3.63, 3.8) is 0 Å². The average Bonchev–Trinajstić information content (AvgIpc) is 2.47. The molecule has 1 aliphatic rings. The van der Waals surface area contributed by atoms with Gasteiger partial charge >= 0.3 is 6.18 Å². The lowest BCUT2D eigenvalue weighted by molar-refractivity contribution is -0.213. The summed E-state index contributed by atoms with van der Waals surface area (Å²) in [6.45, 7) is 2.23. The Balaban J connectivity index is 2.47. The highest BCUT2D eigenvalue weighted by Crippen LogP contribution is 2.40. The van der Waals surface area contributed by atoms with Gasteiger partial charge in [0.15, 0.2) is 0 Å². The van der Waals surface area contributed by atoms with Crippen LogP contribution in [0.4, 0.5) is 13.2 Å². The van der Waals surface area contributed by atoms with Gasteiger partial charge in [-0.1, -0.05) is 13.8 Å². The molecule has 0 aromatic heterocycles. The van der Waals surface area contributed by atoms with E-state index < -0.39 is 30.0 Å². The molecule has 1 rings (SSSR count). The van der Waals surface area contributed by atoms with Crippen molar-refractivity contribution in [2.75, 3.05) is 6.54 Å². The van der Waals surface area contributed by atoms with E-state index in [2.05, 4.69) is 10.6 Å². The fourth-order valence-corrected chi connectivity index (χ4v) is 1.49. The molecule has 1 aliphatic heterocycles. The molecule has 1 unspecified atom stereocenters. The Kier molecular flexibility index (Phi) is 3.68. The first kappa shape index (κ1) is 13.8. The molecule has 1 atom stereocenters. The lowest BCUT2D eigenvalue weighted by Gasteiger charge is -2.27. The van der Waals surface area contributed by atoms with Crippen molar-refractivity contribution in [2.24, 2.45) is 5.41 Å². The predicted molar refractivity (Wildman–Crippen MR) is 54.0 cm³/mol. The SMILES string of the molecule is CC(C)(CC(=O)NC1CNC(=O)C1)C(F)(F)F. The summed E-state index contributed by atoms with van der Waals surface area (Å²) in [5, 5.41) is 4.91. The van der Waals surface area contributed by atoms with Gasteiger partial charge in [0.2, 0.25) is 11.8 Å². The van der Waals surface area contributed by atoms with Gasteiger partial charge < -0.3 is 10.6 Å². The summed E-state index contributed by atoms with van der Waals surface area (Å²) >= 11 is 0. The Morgan fingerprint density at radius 1 is 1.47 bits per heavy atom. The van der Waals surface area contributed by atoms with E-state index in [-0.39, 0.29) is 18.9 Å². The Hall–Kier alpha value is -1.27. The molecule has 17 heavy (non-hydrogen) atoms. The minimum Gasteiger partial charge on any atom is -0.354 e. The smallest absolute Gasteiger partial charge is 0.354 e. The zero-order valence-corrected chi connectivity index (χ0v) is 9.65. The zero-order valence-electron chi connectivity index (χ0n) is 9.65. The van der Waals surface area contributed by atoms with Gasteiger partial charge in [-0.2, -0.15) is 13.2 Å². The third-order valence-electron chi connectivity index (χ3n) is 2.71. The summed E-state index contributed by atoms with van der Waals surface area (Å²) in [5.41, 5.74) is -2.06. The Bertz CT molecular complexity index is 326. The van der Waals surface area contributed by atoms with Crippen LogP contribution >= 0.6 is 0 Å². The first-order valence-corrected chi connectivity index (χ1v) is 5.24. The third-order valence-corrected chi connectivity index (χ3v) is 2.71. The number of alkyl halides is 3. The van der Waals surface area contributed by atoms with Crippen molar-refractivity contribution in [1.29, 1.82) is 0 Å². The number of hydrogen-bond acceptors (Lipinski definition) is 2. The van der Waals surface area contributed by atoms with Gasteiger partial charge in [0, 0.05) is 19.4 Å². The second kappa shape index (κ2) is 4.54. The molecule has 7 heteroatoms. The van der Waals surface area contributed by atoms with E-state index in [4.69, 9.17) is 0 Å². The van der Waals surface area contributed by atoms with Gasteiger partial charge in [-0.15, -0.1) is 0 Å². The molecule has 98 valence electrons. The normalized spacial score (nSPS) is 21.2. The maximum atomic E-state index is 12.5. The van der Waals surface area contributed by atoms with Crippen molar-refractivity contribution in [2.45, 2.75) is 38.9 Å². The topological polar surface area (TPSA) is 58.2 Å². The van der Waals surface area contributed by atoms with Crippen LogP contribution in [0.15, 0.2) is 0 Å². The van der Waals surface area contributed by atoms with E-state index in [0.29, 0.717) is 0 Å². The lowest BCUT2D eigenvalue weighted by atomic mass is 9.88. The number of halogens is 3. The molecule has 0 spiro atoms. The minimum atomic E-state index is -4.42. The van der Waals surface area contributed by atoms with Gasteiger partial charge in [0.25, 0.3) is 0 Å². The van der Waals surface area contributed by atoms with Gasteiger partial charge in [0.05, 0.1) is 11.5 Å². The van der Waals surface area contributed by atoms with E-state index in [1.807, 2.05) is 0 Å². The molecule has 0 bridgehead atoms. The number of rotatable bonds is 3. The van der Waals surface area contributed by atoms with Crippen LogP contribution < -0.4 is 10.6 Å². The minimum absolute atomic E-state index is 0.123. The summed E-state index contributed by atoms with van der Waals surface area (Å²) in [7, 11) is 0. The fraction of sp³-hybridized carbons (Fsp3) is 0.800. The van der Waals surface area contributed by atoms with Crippen molar-refractivity contribution < 1.29 is 22.8 Å². The molecule has 1 fully saturated rings. The fourth-order valence-electron chi connectivity index (χ4n) is 1.49. The highest BCUT2D eigenvalue weighted by Gasteiger charge is 2.48. The Labute approximate surface area is 96.9 Å². The Morgan fingerprint density at radius 2 is 2.06 bits per heavy atom. The summed E-state index contributed by atoms with van der Waals surface area (Å²) in [6.07, 6.45) is -4.94. The van der Waals surface area contributed by atoms with Crippen molar-refractivity contribution in [3.8, 4) is 0 Å². The van der Waals surface area contributed by atoms with Crippen LogP contribution in [0.3, 0.4) is 0 Å².